The summed E-state index contributed by atoms with van der Waals surface area (Å²) in [7, 11) is 3.56. The van der Waals surface area contributed by atoms with Crippen molar-refractivity contribution in [3.63, 3.8) is 0 Å². The van der Waals surface area contributed by atoms with Crippen molar-refractivity contribution >= 4 is 17.7 Å². The SMILES string of the molecule is COc1ccccc1-c1nnc(SCCNC(C)=O)n1C. The molecule has 1 heterocycles. The molecule has 0 unspecified atom stereocenters. The van der Waals surface area contributed by atoms with E-state index in [4.69, 9.17) is 4.74 Å². The second-order valence-electron chi connectivity index (χ2n) is 4.40. The number of ether oxygens (including phenoxy) is 1. The van der Waals surface area contributed by atoms with Gasteiger partial charge >= 0.3 is 0 Å². The highest BCUT2D eigenvalue weighted by Gasteiger charge is 2.14. The monoisotopic (exact) mass is 306 g/mol. The molecule has 0 fully saturated rings. The van der Waals surface area contributed by atoms with Gasteiger partial charge in [0.15, 0.2) is 11.0 Å². The maximum Gasteiger partial charge on any atom is 0.216 e. The molecule has 2 aromatic rings. The quantitative estimate of drug-likeness (QED) is 0.650. The van der Waals surface area contributed by atoms with Crippen molar-refractivity contribution in [2.45, 2.75) is 12.1 Å². The Labute approximate surface area is 127 Å². The number of aromatic nitrogens is 3. The van der Waals surface area contributed by atoms with E-state index in [1.165, 1.54) is 6.92 Å². The lowest BCUT2D eigenvalue weighted by molar-refractivity contribution is -0.118. The van der Waals surface area contributed by atoms with Crippen LogP contribution in [0.4, 0.5) is 0 Å². The molecular formula is C14H18N4O2S. The van der Waals surface area contributed by atoms with Crippen molar-refractivity contribution in [3.8, 4) is 17.1 Å². The number of hydrogen-bond acceptors (Lipinski definition) is 5. The fourth-order valence-corrected chi connectivity index (χ4v) is 2.64. The van der Waals surface area contributed by atoms with Gasteiger partial charge in [0.2, 0.25) is 5.91 Å². The summed E-state index contributed by atoms with van der Waals surface area (Å²) in [6.07, 6.45) is 0. The average Bonchev–Trinajstić information content (AvgIpc) is 2.84. The molecule has 1 amide bonds. The second-order valence-corrected chi connectivity index (χ2v) is 5.46. The fraction of sp³-hybridized carbons (Fsp3) is 0.357. The van der Waals surface area contributed by atoms with E-state index in [1.807, 2.05) is 35.9 Å². The highest BCUT2D eigenvalue weighted by molar-refractivity contribution is 7.99. The molecule has 112 valence electrons. The number of nitrogens with one attached hydrogen (secondary N) is 1. The minimum absolute atomic E-state index is 0.0247. The highest BCUT2D eigenvalue weighted by atomic mass is 32.2. The molecule has 0 atom stereocenters. The van der Waals surface area contributed by atoms with Crippen LogP contribution < -0.4 is 10.1 Å². The molecule has 0 radical (unpaired) electrons. The number of rotatable bonds is 6. The summed E-state index contributed by atoms with van der Waals surface area (Å²) in [6, 6.07) is 7.71. The van der Waals surface area contributed by atoms with Gasteiger partial charge in [0.25, 0.3) is 0 Å². The van der Waals surface area contributed by atoms with Crippen molar-refractivity contribution in [2.75, 3.05) is 19.4 Å². The largest absolute Gasteiger partial charge is 0.496 e. The maximum atomic E-state index is 10.8. The molecule has 0 aliphatic rings. The second kappa shape index (κ2) is 7.12. The van der Waals surface area contributed by atoms with E-state index in [1.54, 1.807) is 18.9 Å². The normalized spacial score (nSPS) is 10.4. The van der Waals surface area contributed by atoms with Crippen molar-refractivity contribution in [3.05, 3.63) is 24.3 Å². The Morgan fingerprint density at radius 3 is 2.86 bits per heavy atom. The van der Waals surface area contributed by atoms with Crippen molar-refractivity contribution < 1.29 is 9.53 Å². The molecule has 7 heteroatoms. The van der Waals surface area contributed by atoms with Crippen molar-refractivity contribution in [2.24, 2.45) is 7.05 Å². The number of benzene rings is 1. The Hall–Kier alpha value is -2.02. The minimum Gasteiger partial charge on any atom is -0.496 e. The van der Waals surface area contributed by atoms with Gasteiger partial charge in [0, 0.05) is 26.3 Å². The highest BCUT2D eigenvalue weighted by Crippen LogP contribution is 2.29. The summed E-state index contributed by atoms with van der Waals surface area (Å²) in [4.78, 5) is 10.8. The first-order valence-corrected chi connectivity index (χ1v) is 7.52. The fourth-order valence-electron chi connectivity index (χ4n) is 1.87. The molecule has 0 bridgehead atoms. The van der Waals surface area contributed by atoms with Crippen LogP contribution >= 0.6 is 11.8 Å². The van der Waals surface area contributed by atoms with E-state index in [0.717, 1.165) is 28.0 Å². The van der Waals surface area contributed by atoms with E-state index in [-0.39, 0.29) is 5.91 Å². The van der Waals surface area contributed by atoms with E-state index in [0.29, 0.717) is 6.54 Å². The Kier molecular flexibility index (Phi) is 5.21. The summed E-state index contributed by atoms with van der Waals surface area (Å²) < 4.78 is 7.28. The smallest absolute Gasteiger partial charge is 0.216 e. The predicted molar refractivity (Wildman–Crippen MR) is 82.4 cm³/mol. The number of thioether (sulfide) groups is 1. The molecular weight excluding hydrogens is 288 g/mol. The van der Waals surface area contributed by atoms with Crippen LogP contribution in [0.2, 0.25) is 0 Å². The van der Waals surface area contributed by atoms with Gasteiger partial charge in [-0.15, -0.1) is 10.2 Å². The molecule has 21 heavy (non-hydrogen) atoms. The Balaban J connectivity index is 2.11. The first kappa shape index (κ1) is 15.4. The van der Waals surface area contributed by atoms with Gasteiger partial charge in [-0.3, -0.25) is 4.79 Å². The van der Waals surface area contributed by atoms with Gasteiger partial charge in [-0.25, -0.2) is 0 Å². The molecule has 2 rings (SSSR count). The summed E-state index contributed by atoms with van der Waals surface area (Å²) in [6.45, 7) is 2.11. The molecule has 0 saturated heterocycles. The Morgan fingerprint density at radius 2 is 2.14 bits per heavy atom. The van der Waals surface area contributed by atoms with Crippen LogP contribution in [-0.2, 0) is 11.8 Å². The van der Waals surface area contributed by atoms with Crippen molar-refractivity contribution in [1.82, 2.24) is 20.1 Å². The summed E-state index contributed by atoms with van der Waals surface area (Å²) >= 11 is 1.55. The van der Waals surface area contributed by atoms with Gasteiger partial charge in [-0.05, 0) is 12.1 Å². The zero-order valence-corrected chi connectivity index (χ0v) is 13.1. The molecule has 0 aliphatic heterocycles. The average molecular weight is 306 g/mol. The Morgan fingerprint density at radius 1 is 1.38 bits per heavy atom. The zero-order valence-electron chi connectivity index (χ0n) is 12.3. The van der Waals surface area contributed by atoms with Crippen LogP contribution in [0.15, 0.2) is 29.4 Å². The Bertz CT molecular complexity index is 627. The number of carbonyl (C=O) groups is 1. The molecule has 1 aromatic heterocycles. The first-order valence-electron chi connectivity index (χ1n) is 6.53. The van der Waals surface area contributed by atoms with Crippen LogP contribution in [0.5, 0.6) is 5.75 Å². The lowest BCUT2D eigenvalue weighted by Gasteiger charge is -2.08. The summed E-state index contributed by atoms with van der Waals surface area (Å²) in [5, 5.41) is 12.0. The molecule has 0 saturated carbocycles. The summed E-state index contributed by atoms with van der Waals surface area (Å²) in [5.41, 5.74) is 0.906. The number of carbonyl (C=O) groups excluding carboxylic acids is 1. The van der Waals surface area contributed by atoms with E-state index in [9.17, 15) is 4.79 Å². The zero-order chi connectivity index (χ0) is 15.2. The number of hydrogen-bond donors (Lipinski definition) is 1. The lowest BCUT2D eigenvalue weighted by Crippen LogP contribution is -2.22. The standard InChI is InChI=1S/C14H18N4O2S/c1-10(19)15-8-9-21-14-17-16-13(18(14)2)11-6-4-5-7-12(11)20-3/h4-7H,8-9H2,1-3H3,(H,15,19). The number of nitrogens with zero attached hydrogens (tertiary/aromatic N) is 3. The third kappa shape index (κ3) is 3.75. The third-order valence-electron chi connectivity index (χ3n) is 2.89. The van der Waals surface area contributed by atoms with Crippen molar-refractivity contribution in [1.29, 1.82) is 0 Å². The minimum atomic E-state index is -0.0247. The van der Waals surface area contributed by atoms with Gasteiger partial charge in [-0.1, -0.05) is 23.9 Å². The molecule has 1 N–H and O–H groups in total. The maximum absolute atomic E-state index is 10.8. The summed E-state index contributed by atoms with van der Waals surface area (Å²) in [5.74, 6) is 2.25. The van der Waals surface area contributed by atoms with Crippen LogP contribution in [0, 0.1) is 0 Å². The molecule has 1 aromatic carbocycles. The first-order chi connectivity index (χ1) is 10.1. The third-order valence-corrected chi connectivity index (χ3v) is 3.91. The van der Waals surface area contributed by atoms with Gasteiger partial charge < -0.3 is 14.6 Å². The lowest BCUT2D eigenvalue weighted by atomic mass is 10.2. The number of para-hydroxylation sites is 1. The van der Waals surface area contributed by atoms with Crippen LogP contribution in [0.1, 0.15) is 6.92 Å². The van der Waals surface area contributed by atoms with Crippen LogP contribution in [0.25, 0.3) is 11.4 Å². The van der Waals surface area contributed by atoms with Gasteiger partial charge in [0.05, 0.1) is 12.7 Å². The van der Waals surface area contributed by atoms with Crippen LogP contribution in [-0.4, -0.2) is 40.1 Å². The molecule has 0 spiro atoms. The topological polar surface area (TPSA) is 69.0 Å². The molecule has 0 aliphatic carbocycles. The van der Waals surface area contributed by atoms with E-state index in [2.05, 4.69) is 15.5 Å². The van der Waals surface area contributed by atoms with Crippen LogP contribution in [0.3, 0.4) is 0 Å². The van der Waals surface area contributed by atoms with E-state index < -0.39 is 0 Å². The van der Waals surface area contributed by atoms with E-state index >= 15 is 0 Å². The molecule has 6 nitrogen and oxygen atoms in total. The number of methoxy groups -OCH3 is 1. The van der Waals surface area contributed by atoms with Gasteiger partial charge in [0.1, 0.15) is 5.75 Å². The van der Waals surface area contributed by atoms with Gasteiger partial charge in [-0.2, -0.15) is 0 Å². The predicted octanol–water partition coefficient (Wildman–Crippen LogP) is 1.72. The number of amides is 1.